The highest BCUT2D eigenvalue weighted by molar-refractivity contribution is 8.01. The second-order valence-corrected chi connectivity index (χ2v) is 19.8. The van der Waals surface area contributed by atoms with Gasteiger partial charge in [-0.1, -0.05) is 127 Å². The van der Waals surface area contributed by atoms with E-state index >= 15 is 0 Å². The molecule has 7 heteroatoms. The first-order valence-electron chi connectivity index (χ1n) is 18.0. The van der Waals surface area contributed by atoms with Crippen LogP contribution >= 0.6 is 23.5 Å². The second-order valence-electron chi connectivity index (χ2n) is 14.0. The molecule has 0 radical (unpaired) electrons. The van der Waals surface area contributed by atoms with E-state index < -0.39 is 13.5 Å². The monoisotopic (exact) mass is 744 g/mol. The van der Waals surface area contributed by atoms with Crippen molar-refractivity contribution in [3.63, 3.8) is 0 Å². The number of pyridine rings is 2. The van der Waals surface area contributed by atoms with Crippen LogP contribution < -0.4 is 30.2 Å². The molecule has 4 nitrogen and oxygen atoms in total. The zero-order valence-electron chi connectivity index (χ0n) is 28.7. The summed E-state index contributed by atoms with van der Waals surface area (Å²) in [6.45, 7) is 0. The van der Waals surface area contributed by atoms with E-state index in [1.165, 1.54) is 41.0 Å². The van der Waals surface area contributed by atoms with Crippen molar-refractivity contribution in [3.05, 3.63) is 192 Å². The van der Waals surface area contributed by atoms with E-state index in [2.05, 4.69) is 133 Å². The molecule has 0 saturated carbocycles. The molecule has 6 heterocycles. The minimum atomic E-state index is -2.78. The third-order valence-electron chi connectivity index (χ3n) is 11.5. The van der Waals surface area contributed by atoms with Gasteiger partial charge in [0.1, 0.15) is 22.3 Å². The minimum Gasteiger partial charge on any atom is -0.457 e. The van der Waals surface area contributed by atoms with Crippen molar-refractivity contribution in [2.45, 2.75) is 25.1 Å². The topological polar surface area (TPSA) is 44.2 Å². The van der Waals surface area contributed by atoms with Gasteiger partial charge in [0.15, 0.2) is 8.07 Å². The number of benzene rings is 6. The van der Waals surface area contributed by atoms with E-state index in [0.29, 0.717) is 5.88 Å². The average Bonchev–Trinajstić information content (AvgIpc) is 3.23. The summed E-state index contributed by atoms with van der Waals surface area (Å²) < 4.78 is 13.3. The fourth-order valence-electron chi connectivity index (χ4n) is 9.35. The van der Waals surface area contributed by atoms with Crippen molar-refractivity contribution in [1.82, 2.24) is 9.97 Å². The summed E-state index contributed by atoms with van der Waals surface area (Å²) in [5.74, 6) is 3.08. The molecule has 254 valence electrons. The Bertz CT molecular complexity index is 2490. The number of hydrogen-bond acceptors (Lipinski definition) is 6. The molecule has 0 aliphatic carbocycles. The van der Waals surface area contributed by atoms with Crippen LogP contribution in [0.1, 0.15) is 22.3 Å². The number of para-hydroxylation sites is 2. The van der Waals surface area contributed by atoms with Gasteiger partial charge in [-0.15, -0.1) is 0 Å². The fourth-order valence-corrected chi connectivity index (χ4v) is 18.4. The Hall–Kier alpha value is -5.86. The predicted octanol–water partition coefficient (Wildman–Crippen LogP) is 9.04. The maximum Gasteiger partial charge on any atom is 0.224 e. The van der Waals surface area contributed by atoms with E-state index in [1.807, 2.05) is 48.4 Å². The number of rotatable bonds is 1. The van der Waals surface area contributed by atoms with Gasteiger partial charge >= 0.3 is 0 Å². The molecule has 0 N–H and O–H groups in total. The van der Waals surface area contributed by atoms with E-state index in [4.69, 9.17) is 19.4 Å². The molecule has 4 aliphatic heterocycles. The Labute approximate surface area is 321 Å². The lowest BCUT2D eigenvalue weighted by Gasteiger charge is -2.44. The molecule has 2 atom stereocenters. The van der Waals surface area contributed by atoms with Gasteiger partial charge in [0.25, 0.3) is 0 Å². The summed E-state index contributed by atoms with van der Waals surface area (Å²) in [5.41, 5.74) is 5.82. The van der Waals surface area contributed by atoms with Gasteiger partial charge in [-0.2, -0.15) is 0 Å². The lowest BCUT2D eigenvalue weighted by atomic mass is 9.62. The Morgan fingerprint density at radius 1 is 0.426 bits per heavy atom. The number of ether oxygens (including phenoxy) is 2. The molecule has 54 heavy (non-hydrogen) atoms. The van der Waals surface area contributed by atoms with Crippen molar-refractivity contribution < 1.29 is 9.47 Å². The Morgan fingerprint density at radius 3 is 1.81 bits per heavy atom. The first-order valence-corrected chi connectivity index (χ1v) is 21.7. The van der Waals surface area contributed by atoms with Gasteiger partial charge in [0.05, 0.1) is 5.41 Å². The van der Waals surface area contributed by atoms with Crippen LogP contribution in [0.3, 0.4) is 0 Å². The summed E-state index contributed by atoms with van der Waals surface area (Å²) >= 11 is 3.69. The quantitative estimate of drug-likeness (QED) is 0.156. The Balaban J connectivity index is 1.14. The molecule has 4 aliphatic rings. The third kappa shape index (κ3) is 3.96. The van der Waals surface area contributed by atoms with Gasteiger partial charge in [-0.25, -0.2) is 9.97 Å². The molecule has 2 unspecified atom stereocenters. The van der Waals surface area contributed by atoms with Crippen LogP contribution in [0.2, 0.25) is 0 Å². The lowest BCUT2D eigenvalue weighted by molar-refractivity contribution is 0.390. The van der Waals surface area contributed by atoms with Crippen molar-refractivity contribution in [2.24, 2.45) is 0 Å². The minimum absolute atomic E-state index is 0.614. The van der Waals surface area contributed by atoms with E-state index in [-0.39, 0.29) is 0 Å². The van der Waals surface area contributed by atoms with Crippen LogP contribution in [0.5, 0.6) is 23.1 Å². The standard InChI is InChI=1S/C47H28N2O2S2Si/c1-3-14-35-31(11-1)47(32-12-2-4-15-36(32)51-45-33(47)13-9-25-48-45)34-27-29(21-23-37(34)50-35)30-22-24-40-44(28-30)54(41-18-7-5-16-38(41)52-40)42-19-8-6-17-39(42)53-46-43(54)20-10-26-49-46/h1-28H. The maximum absolute atomic E-state index is 6.76. The van der Waals surface area contributed by atoms with Gasteiger partial charge in [0.2, 0.25) is 5.88 Å². The summed E-state index contributed by atoms with van der Waals surface area (Å²) in [5, 5.41) is 6.73. The Kier molecular flexibility index (Phi) is 6.41. The van der Waals surface area contributed by atoms with Crippen molar-refractivity contribution in [1.29, 1.82) is 0 Å². The molecule has 8 aromatic rings. The van der Waals surface area contributed by atoms with Gasteiger partial charge < -0.3 is 9.47 Å². The van der Waals surface area contributed by atoms with Crippen LogP contribution in [0.15, 0.2) is 190 Å². The number of nitrogens with zero attached hydrogens (tertiary/aromatic N) is 2. The highest BCUT2D eigenvalue weighted by atomic mass is 32.2. The van der Waals surface area contributed by atoms with E-state index in [0.717, 1.165) is 50.1 Å². The normalized spacial score (nSPS) is 19.0. The SMILES string of the molecule is c1ccc2c(c1)Oc1ccc(-c3ccc4c(c3)[Si]3(c5ccccc5S4)c4ccccc4Sc4ncccc43)cc1C21c2ccccc2Oc2ncccc21. The van der Waals surface area contributed by atoms with Crippen molar-refractivity contribution in [2.75, 3.05) is 0 Å². The molecular weight excluding hydrogens is 717 g/mol. The average molecular weight is 745 g/mol. The maximum atomic E-state index is 6.76. The zero-order chi connectivity index (χ0) is 35.4. The van der Waals surface area contributed by atoms with Crippen LogP contribution in [-0.2, 0) is 5.41 Å². The fraction of sp³-hybridized carbons (Fsp3) is 0.0213. The van der Waals surface area contributed by atoms with Crippen molar-refractivity contribution >= 4 is 52.3 Å². The summed E-state index contributed by atoms with van der Waals surface area (Å²) in [7, 11) is -2.78. The first kappa shape index (κ1) is 30.6. The molecule has 0 fully saturated rings. The summed E-state index contributed by atoms with van der Waals surface area (Å²) in [4.78, 5) is 13.7. The summed E-state index contributed by atoms with van der Waals surface area (Å²) in [6.07, 6.45) is 3.75. The molecule has 0 amide bonds. The van der Waals surface area contributed by atoms with Crippen LogP contribution in [0.25, 0.3) is 11.1 Å². The van der Waals surface area contributed by atoms with Crippen molar-refractivity contribution in [3.8, 4) is 34.3 Å². The molecule has 0 bridgehead atoms. The van der Waals surface area contributed by atoms with E-state index in [9.17, 15) is 0 Å². The van der Waals surface area contributed by atoms with Gasteiger partial charge in [0, 0.05) is 49.3 Å². The van der Waals surface area contributed by atoms with E-state index in [1.54, 1.807) is 11.8 Å². The number of aromatic nitrogens is 2. The van der Waals surface area contributed by atoms with Gasteiger partial charge in [-0.05, 0) is 86.5 Å². The molecular formula is C47H28N2O2S2Si. The summed E-state index contributed by atoms with van der Waals surface area (Å²) in [6, 6.07) is 57.3. The predicted molar refractivity (Wildman–Crippen MR) is 218 cm³/mol. The smallest absolute Gasteiger partial charge is 0.224 e. The van der Waals surface area contributed by atoms with Crippen LogP contribution in [0.4, 0.5) is 0 Å². The molecule has 2 aromatic heterocycles. The van der Waals surface area contributed by atoms with Gasteiger partial charge in [-0.3, -0.25) is 0 Å². The number of hydrogen-bond donors (Lipinski definition) is 0. The lowest BCUT2D eigenvalue weighted by Crippen LogP contribution is -2.78. The molecule has 6 aromatic carbocycles. The van der Waals surface area contributed by atoms with Crippen LogP contribution in [-0.4, -0.2) is 18.0 Å². The highest BCUT2D eigenvalue weighted by Gasteiger charge is 2.53. The molecule has 12 rings (SSSR count). The third-order valence-corrected chi connectivity index (χ3v) is 19.4. The second kappa shape index (κ2) is 11.3. The highest BCUT2D eigenvalue weighted by Crippen LogP contribution is 2.61. The zero-order valence-corrected chi connectivity index (χ0v) is 31.3. The largest absolute Gasteiger partial charge is 0.457 e. The number of fused-ring (bicyclic) bond motifs is 16. The molecule has 2 spiro atoms. The van der Waals surface area contributed by atoms with Crippen LogP contribution in [0, 0.1) is 0 Å². The molecule has 0 saturated heterocycles. The Morgan fingerprint density at radius 2 is 1.00 bits per heavy atom. The first-order chi connectivity index (χ1) is 26.7.